The number of nitrogens with two attached hydrogens (primary N) is 1. The van der Waals surface area contributed by atoms with Gasteiger partial charge in [-0.3, -0.25) is 19.2 Å². The van der Waals surface area contributed by atoms with Gasteiger partial charge < -0.3 is 35.4 Å². The number of aliphatic hydroxyl groups is 2. The molecule has 29 heavy (non-hydrogen) atoms. The molecule has 1 fully saturated rings. The quantitative estimate of drug-likeness (QED) is 0.163. The topological polar surface area (TPSA) is 246 Å². The Morgan fingerprint density at radius 2 is 1.86 bits per heavy atom. The van der Waals surface area contributed by atoms with Crippen molar-refractivity contribution in [1.82, 2.24) is 4.90 Å². The number of hydrogen-bond donors (Lipinski definition) is 6. The smallest absolute Gasteiger partial charge is 0.387 e. The molecule has 16 nitrogen and oxygen atoms in total. The van der Waals surface area contributed by atoms with E-state index in [4.69, 9.17) is 20.3 Å². The average Bonchev–Trinajstić information content (AvgIpc) is 3.06. The zero-order valence-corrected chi connectivity index (χ0v) is 18.4. The van der Waals surface area contributed by atoms with Crippen molar-refractivity contribution in [3.63, 3.8) is 0 Å². The van der Waals surface area contributed by atoms with Gasteiger partial charge in [0.25, 0.3) is 5.91 Å². The molecule has 1 amide bonds. The summed E-state index contributed by atoms with van der Waals surface area (Å²) in [7, 11) is -10.5. The van der Waals surface area contributed by atoms with Crippen molar-refractivity contribution in [2.45, 2.75) is 30.6 Å². The Hall–Kier alpha value is -0.580. The van der Waals surface area contributed by atoms with E-state index >= 15 is 0 Å². The molecule has 7 N–H and O–H groups in total. The van der Waals surface area contributed by atoms with E-state index < -0.39 is 58.7 Å². The van der Waals surface area contributed by atoms with Crippen LogP contribution in [0.1, 0.15) is 0 Å². The standard InChI is InChI=1S/C10H15N5O11P2.Na/c11-10-13-7-4(8(18)14-10)12-2-15(7)9-6(17)5(16)3(25-9)1-24-28(22,23)26-27(19,20)21;/h2-6,9,16-17H,1H2,(H,22,23)(H2,11,14,18)(H2,19,20,21);. The Labute approximate surface area is 184 Å². The summed E-state index contributed by atoms with van der Waals surface area (Å²) in [4.78, 5) is 50.4. The summed E-state index contributed by atoms with van der Waals surface area (Å²) in [5, 5.41) is 20.3. The number of phosphoric ester groups is 1. The van der Waals surface area contributed by atoms with Crippen LogP contribution in [0.2, 0.25) is 0 Å². The molecule has 3 aliphatic heterocycles. The molecule has 3 rings (SSSR count). The van der Waals surface area contributed by atoms with Gasteiger partial charge in [0.05, 0.1) is 12.9 Å². The summed E-state index contributed by atoms with van der Waals surface area (Å²) < 4.78 is 35.5. The number of fused-ring (bicyclic) bond motifs is 1. The second-order valence-corrected chi connectivity index (χ2v) is 8.57. The number of rotatable bonds is 6. The fourth-order valence-corrected chi connectivity index (χ4v) is 4.23. The van der Waals surface area contributed by atoms with Gasteiger partial charge in [0.1, 0.15) is 18.3 Å². The normalized spacial score (nSPS) is 33.6. The summed E-state index contributed by atoms with van der Waals surface area (Å²) in [5.41, 5.74) is 5.43. The minimum atomic E-state index is -5.32. The number of amides is 1. The summed E-state index contributed by atoms with van der Waals surface area (Å²) >= 11 is 0. The Morgan fingerprint density at radius 3 is 2.48 bits per heavy atom. The minimum absolute atomic E-state index is 0. The second kappa shape index (κ2) is 8.88. The van der Waals surface area contributed by atoms with Crippen LogP contribution < -0.4 is 5.73 Å². The maximum absolute atomic E-state index is 11.8. The van der Waals surface area contributed by atoms with Crippen molar-refractivity contribution in [2.75, 3.05) is 6.61 Å². The molecule has 0 aromatic rings. The third kappa shape index (κ3) is 5.57. The fraction of sp³-hybridized carbons (Fsp3) is 0.600. The summed E-state index contributed by atoms with van der Waals surface area (Å²) in [6.07, 6.45) is -4.85. The third-order valence-corrected chi connectivity index (χ3v) is 5.91. The molecule has 19 heteroatoms. The maximum atomic E-state index is 11.8. The largest absolute Gasteiger partial charge is 0.481 e. The number of carbonyl (C=O) groups excluding carboxylic acids is 1. The van der Waals surface area contributed by atoms with E-state index in [1.165, 1.54) is 0 Å². The van der Waals surface area contributed by atoms with Crippen LogP contribution in [0.15, 0.2) is 15.0 Å². The number of phosphoric acid groups is 2. The first-order valence-electron chi connectivity index (χ1n) is 7.42. The molecule has 0 spiro atoms. The predicted octanol–water partition coefficient (Wildman–Crippen LogP) is -3.76. The van der Waals surface area contributed by atoms with Crippen molar-refractivity contribution in [1.29, 1.82) is 0 Å². The van der Waals surface area contributed by atoms with E-state index in [-0.39, 0.29) is 41.4 Å². The number of nitrogens with zero attached hydrogens (tertiary/aromatic N) is 4. The first-order chi connectivity index (χ1) is 12.9. The summed E-state index contributed by atoms with van der Waals surface area (Å²) in [6.45, 7) is -0.869. The van der Waals surface area contributed by atoms with Crippen molar-refractivity contribution in [3.05, 3.63) is 0 Å². The number of aliphatic hydroxyl groups excluding tert-OH is 2. The Morgan fingerprint density at radius 1 is 1.21 bits per heavy atom. The number of aliphatic imine (C=N–C) groups is 3. The van der Waals surface area contributed by atoms with Crippen LogP contribution in [0, 0.1) is 0 Å². The Bertz CT molecular complexity index is 861. The van der Waals surface area contributed by atoms with Gasteiger partial charge in [0, 0.05) is 29.6 Å². The van der Waals surface area contributed by atoms with Crippen LogP contribution in [0.3, 0.4) is 0 Å². The van der Waals surface area contributed by atoms with Gasteiger partial charge in [-0.15, -0.1) is 0 Å². The first kappa shape index (κ1) is 24.7. The van der Waals surface area contributed by atoms with Crippen LogP contribution in [0.25, 0.3) is 0 Å². The molecular weight excluding hydrogens is 451 g/mol. The minimum Gasteiger partial charge on any atom is -0.387 e. The number of guanidine groups is 1. The molecular formula is C10H15N5NaO11P2. The maximum Gasteiger partial charge on any atom is 0.481 e. The van der Waals surface area contributed by atoms with E-state index in [0.29, 0.717) is 0 Å². The van der Waals surface area contributed by atoms with Gasteiger partial charge in [-0.2, -0.15) is 14.3 Å². The molecule has 0 aliphatic carbocycles. The van der Waals surface area contributed by atoms with E-state index in [2.05, 4.69) is 23.8 Å². The molecule has 1 radical (unpaired) electrons. The fourth-order valence-electron chi connectivity index (χ4n) is 2.63. The van der Waals surface area contributed by atoms with Crippen molar-refractivity contribution >= 4 is 69.2 Å². The molecule has 3 aliphatic rings. The number of amidine groups is 1. The molecule has 0 saturated carbocycles. The average molecular weight is 466 g/mol. The van der Waals surface area contributed by atoms with Gasteiger partial charge in [0.15, 0.2) is 18.1 Å². The number of ether oxygens (including phenoxy) is 1. The van der Waals surface area contributed by atoms with Gasteiger partial charge in [-0.25, -0.2) is 9.13 Å². The monoisotopic (exact) mass is 466 g/mol. The zero-order valence-electron chi connectivity index (χ0n) is 14.6. The summed E-state index contributed by atoms with van der Waals surface area (Å²) in [6, 6.07) is -1.09. The van der Waals surface area contributed by atoms with Crippen molar-refractivity contribution < 1.29 is 52.4 Å². The Kier molecular flexibility index (Phi) is 7.56. The van der Waals surface area contributed by atoms with Crippen LogP contribution in [0.4, 0.5) is 0 Å². The molecule has 0 aromatic heterocycles. The first-order valence-corrected chi connectivity index (χ1v) is 10.4. The van der Waals surface area contributed by atoms with Gasteiger partial charge in [0.2, 0.25) is 5.96 Å². The van der Waals surface area contributed by atoms with Crippen molar-refractivity contribution in [2.24, 2.45) is 20.7 Å². The molecule has 6 unspecified atom stereocenters. The molecule has 0 bridgehead atoms. The second-order valence-electron chi connectivity index (χ2n) is 5.74. The number of hydrogen-bond acceptors (Lipinski definition) is 12. The van der Waals surface area contributed by atoms with Crippen LogP contribution in [0.5, 0.6) is 0 Å². The van der Waals surface area contributed by atoms with E-state index in [1.807, 2.05) is 0 Å². The molecule has 0 aromatic carbocycles. The molecule has 3 heterocycles. The van der Waals surface area contributed by atoms with E-state index in [0.717, 1.165) is 11.2 Å². The van der Waals surface area contributed by atoms with Crippen LogP contribution in [-0.4, -0.2) is 121 Å². The predicted molar refractivity (Wildman–Crippen MR) is 93.5 cm³/mol. The third-order valence-electron chi connectivity index (χ3n) is 3.76. The van der Waals surface area contributed by atoms with E-state index in [1.54, 1.807) is 0 Å². The molecule has 157 valence electrons. The zero-order chi connectivity index (χ0) is 20.9. The van der Waals surface area contributed by atoms with Gasteiger partial charge >= 0.3 is 15.6 Å². The van der Waals surface area contributed by atoms with E-state index in [9.17, 15) is 29.0 Å². The van der Waals surface area contributed by atoms with Crippen LogP contribution >= 0.6 is 15.6 Å². The van der Waals surface area contributed by atoms with Gasteiger partial charge in [-0.05, 0) is 0 Å². The van der Waals surface area contributed by atoms with Crippen molar-refractivity contribution in [3.8, 4) is 0 Å². The van der Waals surface area contributed by atoms with Crippen LogP contribution in [-0.2, 0) is 27.5 Å². The molecule has 1 saturated heterocycles. The van der Waals surface area contributed by atoms with Gasteiger partial charge in [-0.1, -0.05) is 0 Å². The molecule has 6 atom stereocenters. The summed E-state index contributed by atoms with van der Waals surface area (Å²) in [5.74, 6) is -1.03. The number of carbonyl (C=O) groups is 1. The Balaban J connectivity index is 0.00000300. The SMILES string of the molecule is NC1=NC(=O)C2N=CN(C3OC(COP(=O)(O)OP(=O)(O)O)C(O)C3O)C2=N1.[Na].